The van der Waals surface area contributed by atoms with E-state index in [9.17, 15) is 14.7 Å². The molecule has 3 aromatic rings. The van der Waals surface area contributed by atoms with Crippen molar-refractivity contribution < 1.29 is 14.7 Å². The molecule has 0 radical (unpaired) electrons. The van der Waals surface area contributed by atoms with Crippen LogP contribution < -0.4 is 4.90 Å². The number of benzene rings is 1. The lowest BCUT2D eigenvalue weighted by molar-refractivity contribution is -0.133. The van der Waals surface area contributed by atoms with E-state index in [0.29, 0.717) is 48.1 Å². The number of aromatic nitrogens is 2. The van der Waals surface area contributed by atoms with Crippen molar-refractivity contribution >= 4 is 40.3 Å². The van der Waals surface area contributed by atoms with Gasteiger partial charge in [0.05, 0.1) is 18.6 Å². The molecule has 31 heavy (non-hydrogen) atoms. The Bertz CT molecular complexity index is 1180. The average Bonchev–Trinajstić information content (AvgIpc) is 3.05. The molecule has 4 heterocycles. The molecule has 8 heteroatoms. The zero-order chi connectivity index (χ0) is 21.5. The maximum absolute atomic E-state index is 13.3. The summed E-state index contributed by atoms with van der Waals surface area (Å²) >= 11 is 6.03. The average molecular weight is 437 g/mol. The van der Waals surface area contributed by atoms with Crippen molar-refractivity contribution in [3.8, 4) is 0 Å². The van der Waals surface area contributed by atoms with Gasteiger partial charge in [-0.3, -0.25) is 14.5 Å². The molecule has 0 aliphatic carbocycles. The molecule has 0 saturated carbocycles. The van der Waals surface area contributed by atoms with E-state index in [2.05, 4.69) is 9.97 Å². The molecule has 1 N–H and O–H groups in total. The van der Waals surface area contributed by atoms with Gasteiger partial charge in [0.2, 0.25) is 5.91 Å². The van der Waals surface area contributed by atoms with Crippen LogP contribution in [0.15, 0.2) is 48.5 Å². The van der Waals surface area contributed by atoms with Crippen molar-refractivity contribution in [2.45, 2.75) is 31.4 Å². The van der Waals surface area contributed by atoms with Crippen LogP contribution in [0.5, 0.6) is 0 Å². The number of aliphatic hydroxyl groups is 1. The summed E-state index contributed by atoms with van der Waals surface area (Å²) in [6.07, 6.45) is 0.958. The third-order valence-corrected chi connectivity index (χ3v) is 6.23. The van der Waals surface area contributed by atoms with Crippen molar-refractivity contribution in [2.24, 2.45) is 0 Å². The number of amides is 2. The molecular formula is C23H21ClN4O3. The summed E-state index contributed by atoms with van der Waals surface area (Å²) in [5.74, 6) is 0.222. The van der Waals surface area contributed by atoms with E-state index in [0.717, 1.165) is 10.9 Å². The number of hydrogen-bond donors (Lipinski definition) is 1. The van der Waals surface area contributed by atoms with Crippen molar-refractivity contribution in [1.29, 1.82) is 0 Å². The molecule has 2 amide bonds. The van der Waals surface area contributed by atoms with Crippen LogP contribution in [0.3, 0.4) is 0 Å². The Morgan fingerprint density at radius 1 is 1.06 bits per heavy atom. The van der Waals surface area contributed by atoms with E-state index >= 15 is 0 Å². The second-order valence-electron chi connectivity index (χ2n) is 7.94. The lowest BCUT2D eigenvalue weighted by atomic mass is 10.0. The second-order valence-corrected chi connectivity index (χ2v) is 8.33. The third-order valence-electron chi connectivity index (χ3n) is 6.02. The highest BCUT2D eigenvalue weighted by Crippen LogP contribution is 2.39. The Balaban J connectivity index is 1.51. The van der Waals surface area contributed by atoms with Gasteiger partial charge in [-0.1, -0.05) is 29.8 Å². The molecule has 5 rings (SSSR count). The van der Waals surface area contributed by atoms with Crippen molar-refractivity contribution in [3.05, 3.63) is 64.8 Å². The van der Waals surface area contributed by atoms with E-state index in [1.807, 2.05) is 30.3 Å². The van der Waals surface area contributed by atoms with Crippen molar-refractivity contribution in [1.82, 2.24) is 14.9 Å². The van der Waals surface area contributed by atoms with Gasteiger partial charge in [0, 0.05) is 24.0 Å². The summed E-state index contributed by atoms with van der Waals surface area (Å²) in [7, 11) is 0. The number of fused-ring (bicyclic) bond motifs is 2. The second kappa shape index (κ2) is 7.90. The first kappa shape index (κ1) is 19.9. The molecule has 0 unspecified atom stereocenters. The first-order valence-electron chi connectivity index (χ1n) is 10.3. The van der Waals surface area contributed by atoms with Crippen LogP contribution in [0.4, 0.5) is 5.82 Å². The van der Waals surface area contributed by atoms with Gasteiger partial charge >= 0.3 is 0 Å². The number of anilines is 1. The summed E-state index contributed by atoms with van der Waals surface area (Å²) in [6.45, 7) is 1.05. The zero-order valence-electron chi connectivity index (χ0n) is 16.7. The molecule has 1 saturated heterocycles. The van der Waals surface area contributed by atoms with Crippen LogP contribution in [0, 0.1) is 0 Å². The van der Waals surface area contributed by atoms with Gasteiger partial charge in [-0.15, -0.1) is 0 Å². The molecular weight excluding hydrogens is 416 g/mol. The standard InChI is InChI=1S/C23H21ClN4O3/c24-19-7-5-14-6-8-20(26-22(14)25-19)28-18(16-3-1-2-4-17(16)23(28)31)13-21(30)27-11-9-15(29)10-12-27/h1-8,15,18,29H,9-13H2/t18-/m0/s1. The normalized spacial score (nSPS) is 19.2. The summed E-state index contributed by atoms with van der Waals surface area (Å²) in [5.41, 5.74) is 1.85. The Labute approximate surface area is 184 Å². The number of hydrogen-bond acceptors (Lipinski definition) is 5. The number of nitrogens with zero attached hydrogens (tertiary/aromatic N) is 4. The van der Waals surface area contributed by atoms with Gasteiger partial charge < -0.3 is 10.0 Å². The number of carbonyl (C=O) groups excluding carboxylic acids is 2. The van der Waals surface area contributed by atoms with Crippen LogP contribution in [0.1, 0.15) is 41.2 Å². The minimum atomic E-state index is -0.452. The molecule has 1 aromatic carbocycles. The fourth-order valence-electron chi connectivity index (χ4n) is 4.37. The number of carbonyl (C=O) groups is 2. The molecule has 2 aliphatic heterocycles. The highest BCUT2D eigenvalue weighted by atomic mass is 35.5. The van der Waals surface area contributed by atoms with Gasteiger partial charge in [0.25, 0.3) is 5.91 Å². The van der Waals surface area contributed by atoms with Gasteiger partial charge in [-0.2, -0.15) is 0 Å². The number of piperidine rings is 1. The quantitative estimate of drug-likeness (QED) is 0.636. The smallest absolute Gasteiger partial charge is 0.260 e. The first-order valence-corrected chi connectivity index (χ1v) is 10.7. The predicted molar refractivity (Wildman–Crippen MR) is 117 cm³/mol. The number of likely N-dealkylation sites (tertiary alicyclic amines) is 1. The molecule has 1 atom stereocenters. The minimum Gasteiger partial charge on any atom is -0.393 e. The van der Waals surface area contributed by atoms with Gasteiger partial charge in [0.15, 0.2) is 5.65 Å². The van der Waals surface area contributed by atoms with Crippen LogP contribution in [-0.2, 0) is 4.79 Å². The zero-order valence-corrected chi connectivity index (χ0v) is 17.5. The summed E-state index contributed by atoms with van der Waals surface area (Å²) in [6, 6.07) is 14.1. The van der Waals surface area contributed by atoms with Crippen LogP contribution in [0.2, 0.25) is 5.15 Å². The fraction of sp³-hybridized carbons (Fsp3) is 0.304. The maximum Gasteiger partial charge on any atom is 0.260 e. The molecule has 1 fully saturated rings. The van der Waals surface area contributed by atoms with E-state index < -0.39 is 6.04 Å². The minimum absolute atomic E-state index is 0.0339. The molecule has 2 aliphatic rings. The lowest BCUT2D eigenvalue weighted by Crippen LogP contribution is -2.41. The Morgan fingerprint density at radius 3 is 2.61 bits per heavy atom. The van der Waals surface area contributed by atoms with E-state index in [1.54, 1.807) is 28.0 Å². The topological polar surface area (TPSA) is 86.6 Å². The SMILES string of the molecule is O=C(C[C@H]1c2ccccc2C(=O)N1c1ccc2ccc(Cl)nc2n1)N1CCC(O)CC1. The van der Waals surface area contributed by atoms with Crippen molar-refractivity contribution in [3.63, 3.8) is 0 Å². The van der Waals surface area contributed by atoms with E-state index in [1.165, 1.54) is 0 Å². The van der Waals surface area contributed by atoms with E-state index in [4.69, 9.17) is 11.6 Å². The summed E-state index contributed by atoms with van der Waals surface area (Å²) < 4.78 is 0. The highest BCUT2D eigenvalue weighted by molar-refractivity contribution is 6.29. The fourth-order valence-corrected chi connectivity index (χ4v) is 4.51. The highest BCUT2D eigenvalue weighted by Gasteiger charge is 2.40. The van der Waals surface area contributed by atoms with Gasteiger partial charge in [-0.25, -0.2) is 9.97 Å². The van der Waals surface area contributed by atoms with Gasteiger partial charge in [-0.05, 0) is 48.7 Å². The van der Waals surface area contributed by atoms with Crippen LogP contribution in [-0.4, -0.2) is 51.0 Å². The predicted octanol–water partition coefficient (Wildman–Crippen LogP) is 3.36. The number of rotatable bonds is 3. The maximum atomic E-state index is 13.3. The number of aliphatic hydroxyl groups excluding tert-OH is 1. The van der Waals surface area contributed by atoms with Crippen LogP contribution in [0.25, 0.3) is 11.0 Å². The van der Waals surface area contributed by atoms with Crippen molar-refractivity contribution in [2.75, 3.05) is 18.0 Å². The molecule has 0 bridgehead atoms. The monoisotopic (exact) mass is 436 g/mol. The molecule has 158 valence electrons. The summed E-state index contributed by atoms with van der Waals surface area (Å²) in [5, 5.41) is 10.9. The Hall–Kier alpha value is -3.03. The molecule has 2 aromatic heterocycles. The molecule has 7 nitrogen and oxygen atoms in total. The Morgan fingerprint density at radius 2 is 1.81 bits per heavy atom. The van der Waals surface area contributed by atoms with E-state index in [-0.39, 0.29) is 24.3 Å². The largest absolute Gasteiger partial charge is 0.393 e. The Kier molecular flexibility index (Phi) is 5.08. The van der Waals surface area contributed by atoms with Gasteiger partial charge in [0.1, 0.15) is 11.0 Å². The third kappa shape index (κ3) is 3.64. The molecule has 0 spiro atoms. The van der Waals surface area contributed by atoms with Crippen LogP contribution >= 0.6 is 11.6 Å². The first-order chi connectivity index (χ1) is 15.0. The summed E-state index contributed by atoms with van der Waals surface area (Å²) in [4.78, 5) is 38.6. The number of halogens is 1. The number of pyridine rings is 2. The lowest BCUT2D eigenvalue weighted by Gasteiger charge is -2.32.